The Morgan fingerprint density at radius 3 is 2.12 bits per heavy atom. The minimum Gasteiger partial charge on any atom is -0.507 e. The van der Waals surface area contributed by atoms with Crippen LogP contribution in [0, 0.1) is 0 Å². The molecule has 3 rings (SSSR count). The molecular formula is C29H34O3S. The second-order valence-corrected chi connectivity index (χ2v) is 10.2. The number of carbonyl (C=O) groups excluding carboxylic acids is 1. The van der Waals surface area contributed by atoms with Gasteiger partial charge in [0.15, 0.2) is 0 Å². The van der Waals surface area contributed by atoms with E-state index in [1.54, 1.807) is 0 Å². The molecule has 0 aromatic heterocycles. The molecular weight excluding hydrogens is 428 g/mol. The van der Waals surface area contributed by atoms with Crippen molar-refractivity contribution in [1.29, 1.82) is 0 Å². The number of hydrogen-bond acceptors (Lipinski definition) is 4. The summed E-state index contributed by atoms with van der Waals surface area (Å²) in [5, 5.41) is 10.7. The Labute approximate surface area is 203 Å². The van der Waals surface area contributed by atoms with Crippen molar-refractivity contribution in [2.75, 3.05) is 0 Å². The first-order valence-electron chi connectivity index (χ1n) is 11.5. The van der Waals surface area contributed by atoms with E-state index in [4.69, 9.17) is 4.74 Å². The largest absolute Gasteiger partial charge is 0.507 e. The molecule has 0 aliphatic heterocycles. The van der Waals surface area contributed by atoms with Gasteiger partial charge in [-0.3, -0.25) is 0 Å². The Kier molecular flexibility index (Phi) is 7.91. The number of thiol groups is 1. The van der Waals surface area contributed by atoms with Gasteiger partial charge in [-0.2, -0.15) is 0 Å². The smallest absolute Gasteiger partial charge is 0.338 e. The summed E-state index contributed by atoms with van der Waals surface area (Å²) in [4.78, 5) is 13.2. The van der Waals surface area contributed by atoms with E-state index in [-0.39, 0.29) is 5.97 Å². The van der Waals surface area contributed by atoms with Crippen molar-refractivity contribution in [1.82, 2.24) is 0 Å². The lowest BCUT2D eigenvalue weighted by Crippen LogP contribution is -2.23. The van der Waals surface area contributed by atoms with Crippen LogP contribution in [0.2, 0.25) is 0 Å². The van der Waals surface area contributed by atoms with Crippen molar-refractivity contribution in [3.63, 3.8) is 0 Å². The molecule has 33 heavy (non-hydrogen) atoms. The van der Waals surface area contributed by atoms with Crippen LogP contribution in [0.25, 0.3) is 11.1 Å². The van der Waals surface area contributed by atoms with Gasteiger partial charge in [0.25, 0.3) is 0 Å². The molecule has 4 heteroatoms. The highest BCUT2D eigenvalue weighted by atomic mass is 32.1. The Hall–Kier alpha value is -2.72. The van der Waals surface area contributed by atoms with Gasteiger partial charge in [0, 0.05) is 10.5 Å². The van der Waals surface area contributed by atoms with E-state index in [9.17, 15) is 9.90 Å². The number of rotatable bonds is 7. The summed E-state index contributed by atoms with van der Waals surface area (Å²) in [5.41, 5.74) is 4.19. The van der Waals surface area contributed by atoms with Gasteiger partial charge in [-0.15, -0.1) is 12.6 Å². The topological polar surface area (TPSA) is 46.5 Å². The van der Waals surface area contributed by atoms with Crippen LogP contribution in [-0.4, -0.2) is 16.7 Å². The first-order valence-corrected chi connectivity index (χ1v) is 12.0. The van der Waals surface area contributed by atoms with Crippen LogP contribution in [0.3, 0.4) is 0 Å². The van der Waals surface area contributed by atoms with Gasteiger partial charge >= 0.3 is 5.97 Å². The first-order chi connectivity index (χ1) is 15.6. The summed E-state index contributed by atoms with van der Waals surface area (Å²) in [6, 6.07) is 21.5. The van der Waals surface area contributed by atoms with E-state index in [1.807, 2.05) is 81.4 Å². The Bertz CT molecular complexity index is 1080. The maximum Gasteiger partial charge on any atom is 0.338 e. The van der Waals surface area contributed by atoms with Crippen LogP contribution in [-0.2, 0) is 4.74 Å². The maximum atomic E-state index is 12.3. The van der Waals surface area contributed by atoms with Crippen LogP contribution in [0.1, 0.15) is 80.8 Å². The van der Waals surface area contributed by atoms with Crippen LogP contribution in [0.15, 0.2) is 71.6 Å². The number of ether oxygens (including phenoxy) is 1. The summed E-state index contributed by atoms with van der Waals surface area (Å²) in [6.07, 6.45) is 1.93. The van der Waals surface area contributed by atoms with E-state index in [0.29, 0.717) is 23.1 Å². The van der Waals surface area contributed by atoms with E-state index >= 15 is 0 Å². The summed E-state index contributed by atoms with van der Waals surface area (Å²) in [6.45, 7) is 9.99. The zero-order chi connectivity index (χ0) is 24.2. The van der Waals surface area contributed by atoms with Gasteiger partial charge in [0.2, 0.25) is 0 Å². The normalized spacial score (nSPS) is 13.4. The predicted octanol–water partition coefficient (Wildman–Crippen LogP) is 7.99. The number of esters is 1. The van der Waals surface area contributed by atoms with E-state index in [1.165, 1.54) is 5.56 Å². The fourth-order valence-electron chi connectivity index (χ4n) is 4.07. The molecule has 0 aliphatic carbocycles. The van der Waals surface area contributed by atoms with Crippen LogP contribution < -0.4 is 0 Å². The lowest BCUT2D eigenvalue weighted by molar-refractivity contribution is 0.00695. The van der Waals surface area contributed by atoms with Crippen molar-refractivity contribution in [3.05, 3.63) is 83.4 Å². The molecule has 0 heterocycles. The Morgan fingerprint density at radius 1 is 0.970 bits per heavy atom. The highest BCUT2D eigenvalue weighted by Crippen LogP contribution is 2.37. The van der Waals surface area contributed by atoms with Gasteiger partial charge in [0.1, 0.15) is 11.4 Å². The fourth-order valence-corrected chi connectivity index (χ4v) is 4.22. The van der Waals surface area contributed by atoms with Crippen LogP contribution in [0.4, 0.5) is 0 Å². The highest BCUT2D eigenvalue weighted by molar-refractivity contribution is 7.80. The molecule has 3 aromatic carbocycles. The second kappa shape index (κ2) is 10.5. The molecule has 174 valence electrons. The van der Waals surface area contributed by atoms with Crippen LogP contribution >= 0.6 is 12.6 Å². The van der Waals surface area contributed by atoms with Gasteiger partial charge in [-0.1, -0.05) is 50.2 Å². The fraction of sp³-hybridized carbons (Fsp3) is 0.345. The zero-order valence-corrected chi connectivity index (χ0v) is 21.0. The minimum absolute atomic E-state index is 0.298. The first kappa shape index (κ1) is 24.9. The third-order valence-electron chi connectivity index (χ3n) is 5.92. The van der Waals surface area contributed by atoms with E-state index < -0.39 is 5.60 Å². The summed E-state index contributed by atoms with van der Waals surface area (Å²) < 4.78 is 5.46. The molecule has 3 aromatic rings. The second-order valence-electron chi connectivity index (χ2n) is 9.69. The number of aromatic hydroxyl groups is 1. The molecule has 0 saturated heterocycles. The Balaban J connectivity index is 1.72. The lowest BCUT2D eigenvalue weighted by atomic mass is 9.84. The highest BCUT2D eigenvalue weighted by Gasteiger charge is 2.20. The molecule has 0 saturated carbocycles. The zero-order valence-electron chi connectivity index (χ0n) is 20.1. The molecule has 0 fully saturated rings. The number of phenols is 1. The molecule has 2 atom stereocenters. The van der Waals surface area contributed by atoms with Gasteiger partial charge in [0.05, 0.1) is 5.56 Å². The molecule has 0 aliphatic rings. The van der Waals surface area contributed by atoms with E-state index in [0.717, 1.165) is 34.4 Å². The lowest BCUT2D eigenvalue weighted by Gasteiger charge is -2.22. The van der Waals surface area contributed by atoms with Gasteiger partial charge in [-0.05, 0) is 92.5 Å². The molecule has 0 radical (unpaired) electrons. The minimum atomic E-state index is -0.505. The summed E-state index contributed by atoms with van der Waals surface area (Å²) in [7, 11) is 0. The average Bonchev–Trinajstić information content (AvgIpc) is 2.77. The number of phenolic OH excluding ortho intramolecular Hbond substituents is 1. The van der Waals surface area contributed by atoms with Crippen molar-refractivity contribution >= 4 is 18.6 Å². The molecule has 3 nitrogen and oxygen atoms in total. The molecule has 0 amide bonds. The van der Waals surface area contributed by atoms with Gasteiger partial charge in [-0.25, -0.2) is 4.79 Å². The molecule has 1 N–H and O–H groups in total. The third-order valence-corrected chi connectivity index (χ3v) is 6.21. The SMILES string of the molecule is CCC(CC(C)c1ccc(C(=O)OC(C)(C)C)cc1)c1ccc(-c2ccc(S)cc2)c(O)c1. The van der Waals surface area contributed by atoms with E-state index in [2.05, 4.69) is 32.5 Å². The quantitative estimate of drug-likeness (QED) is 0.276. The molecule has 0 spiro atoms. The molecule has 2 unspecified atom stereocenters. The number of hydrogen-bond donors (Lipinski definition) is 2. The van der Waals surface area contributed by atoms with Crippen LogP contribution in [0.5, 0.6) is 5.75 Å². The number of benzene rings is 3. The van der Waals surface area contributed by atoms with Crippen molar-refractivity contribution < 1.29 is 14.6 Å². The monoisotopic (exact) mass is 462 g/mol. The van der Waals surface area contributed by atoms with Gasteiger partial charge < -0.3 is 9.84 Å². The van der Waals surface area contributed by atoms with Crippen molar-refractivity contribution in [2.24, 2.45) is 0 Å². The predicted molar refractivity (Wildman–Crippen MR) is 138 cm³/mol. The number of carbonyl (C=O) groups is 1. The van der Waals surface area contributed by atoms with Crippen molar-refractivity contribution in [2.45, 2.75) is 69.8 Å². The summed E-state index contributed by atoms with van der Waals surface area (Å²) in [5.74, 6) is 0.637. The maximum absolute atomic E-state index is 12.3. The standard InChI is InChI=1S/C29H34O3S/c1-6-20(24-13-16-26(27(30)18-24)22-11-14-25(33)15-12-22)17-19(2)21-7-9-23(10-8-21)28(31)32-29(3,4)5/h7-16,18-20,30,33H,6,17H2,1-5H3. The third kappa shape index (κ3) is 6.64. The Morgan fingerprint density at radius 2 is 1.58 bits per heavy atom. The molecule has 0 bridgehead atoms. The summed E-state index contributed by atoms with van der Waals surface area (Å²) >= 11 is 4.33. The van der Waals surface area contributed by atoms with Crippen molar-refractivity contribution in [3.8, 4) is 16.9 Å². The average molecular weight is 463 g/mol.